The first kappa shape index (κ1) is 13.1. The monoisotopic (exact) mass is 281 g/mol. The molecule has 0 fully saturated rings. The summed E-state index contributed by atoms with van der Waals surface area (Å²) in [6.45, 7) is 2.07. The maximum atomic E-state index is 12.3. The molecule has 0 atom stereocenters. The van der Waals surface area contributed by atoms with Gasteiger partial charge in [0.25, 0.3) is 10.0 Å². The van der Waals surface area contributed by atoms with Gasteiger partial charge in [0.05, 0.1) is 5.69 Å². The Balaban J connectivity index is 2.33. The summed E-state index contributed by atoms with van der Waals surface area (Å²) in [5, 5.41) is 1.76. The summed E-state index contributed by atoms with van der Waals surface area (Å²) < 4.78 is 26.3. The van der Waals surface area contributed by atoms with Gasteiger partial charge in [0.2, 0.25) is 0 Å². The lowest BCUT2D eigenvalue weighted by Gasteiger charge is -2.18. The molecule has 1 aromatic carbocycles. The number of hydrogen-bond acceptors (Lipinski definition) is 3. The minimum atomic E-state index is -3.42. The van der Waals surface area contributed by atoms with Crippen LogP contribution in [-0.2, 0) is 16.4 Å². The molecule has 96 valence electrons. The number of sulfonamides is 1. The number of rotatable bonds is 4. The predicted octanol–water partition coefficient (Wildman–Crippen LogP) is 3.14. The standard InChI is InChI=1S/C13H15NO2S2/c1-3-11-6-8-12(9-7-11)14(2)18(15,16)13-5-4-10-17-13/h4-10H,3H2,1-2H3. The van der Waals surface area contributed by atoms with Gasteiger partial charge in [-0.05, 0) is 35.6 Å². The Hall–Kier alpha value is -1.33. The molecule has 0 aliphatic carbocycles. The molecule has 2 aromatic rings. The second-order valence-electron chi connectivity index (χ2n) is 3.92. The van der Waals surface area contributed by atoms with E-state index in [2.05, 4.69) is 6.92 Å². The van der Waals surface area contributed by atoms with Crippen molar-refractivity contribution in [2.24, 2.45) is 0 Å². The van der Waals surface area contributed by atoms with Gasteiger partial charge in [-0.25, -0.2) is 8.42 Å². The highest BCUT2D eigenvalue weighted by Crippen LogP contribution is 2.25. The number of anilines is 1. The molecular formula is C13H15NO2S2. The van der Waals surface area contributed by atoms with Crippen molar-refractivity contribution in [1.29, 1.82) is 0 Å². The van der Waals surface area contributed by atoms with E-state index in [1.54, 1.807) is 24.6 Å². The summed E-state index contributed by atoms with van der Waals surface area (Å²) in [4.78, 5) is 0. The summed E-state index contributed by atoms with van der Waals surface area (Å²) in [5.41, 5.74) is 1.88. The molecule has 2 rings (SSSR count). The smallest absolute Gasteiger partial charge is 0.269 e. The van der Waals surface area contributed by atoms with Crippen LogP contribution in [0.2, 0.25) is 0 Å². The van der Waals surface area contributed by atoms with Crippen LogP contribution in [-0.4, -0.2) is 15.5 Å². The molecular weight excluding hydrogens is 266 g/mol. The van der Waals surface area contributed by atoms with Crippen molar-refractivity contribution in [2.75, 3.05) is 11.4 Å². The van der Waals surface area contributed by atoms with Crippen LogP contribution in [0.4, 0.5) is 5.69 Å². The second kappa shape index (κ2) is 5.12. The van der Waals surface area contributed by atoms with Crippen molar-refractivity contribution in [3.63, 3.8) is 0 Å². The molecule has 0 radical (unpaired) electrons. The number of hydrogen-bond donors (Lipinski definition) is 0. The summed E-state index contributed by atoms with van der Waals surface area (Å²) in [7, 11) is -1.84. The van der Waals surface area contributed by atoms with Crippen molar-refractivity contribution in [3.8, 4) is 0 Å². The minimum absolute atomic E-state index is 0.365. The predicted molar refractivity (Wildman–Crippen MR) is 75.7 cm³/mol. The van der Waals surface area contributed by atoms with Gasteiger partial charge in [0.1, 0.15) is 4.21 Å². The van der Waals surface area contributed by atoms with E-state index in [1.165, 1.54) is 21.2 Å². The van der Waals surface area contributed by atoms with Crippen LogP contribution < -0.4 is 4.31 Å². The number of thiophene rings is 1. The summed E-state index contributed by atoms with van der Waals surface area (Å²) in [5.74, 6) is 0. The molecule has 1 heterocycles. The lowest BCUT2D eigenvalue weighted by Crippen LogP contribution is -2.25. The Bertz CT molecular complexity index is 601. The molecule has 0 spiro atoms. The molecule has 0 N–H and O–H groups in total. The third-order valence-electron chi connectivity index (χ3n) is 2.82. The third-order valence-corrected chi connectivity index (χ3v) is 5.98. The zero-order valence-electron chi connectivity index (χ0n) is 10.3. The first-order valence-electron chi connectivity index (χ1n) is 5.67. The summed E-state index contributed by atoms with van der Waals surface area (Å²) in [6.07, 6.45) is 0.946. The van der Waals surface area contributed by atoms with Crippen LogP contribution in [0.15, 0.2) is 46.0 Å². The van der Waals surface area contributed by atoms with Gasteiger partial charge in [-0.1, -0.05) is 25.1 Å². The fourth-order valence-electron chi connectivity index (χ4n) is 1.63. The maximum Gasteiger partial charge on any atom is 0.273 e. The van der Waals surface area contributed by atoms with Crippen molar-refractivity contribution >= 4 is 27.0 Å². The molecule has 0 saturated heterocycles. The van der Waals surface area contributed by atoms with Gasteiger partial charge in [-0.15, -0.1) is 11.3 Å². The Morgan fingerprint density at radius 2 is 1.83 bits per heavy atom. The van der Waals surface area contributed by atoms with Gasteiger partial charge in [0, 0.05) is 7.05 Å². The SMILES string of the molecule is CCc1ccc(N(C)S(=O)(=O)c2cccs2)cc1. The second-order valence-corrected chi connectivity index (χ2v) is 7.07. The average molecular weight is 281 g/mol. The van der Waals surface area contributed by atoms with Gasteiger partial charge < -0.3 is 0 Å². The molecule has 1 aromatic heterocycles. The average Bonchev–Trinajstić information content (AvgIpc) is 2.92. The van der Waals surface area contributed by atoms with Crippen LogP contribution in [0.25, 0.3) is 0 Å². The van der Waals surface area contributed by atoms with Gasteiger partial charge in [-0.3, -0.25) is 4.31 Å². The van der Waals surface area contributed by atoms with Crippen molar-refractivity contribution in [2.45, 2.75) is 17.6 Å². The molecule has 0 saturated carbocycles. The lowest BCUT2D eigenvalue weighted by atomic mass is 10.1. The number of benzene rings is 1. The summed E-state index contributed by atoms with van der Waals surface area (Å²) in [6, 6.07) is 10.9. The van der Waals surface area contributed by atoms with Gasteiger partial charge in [-0.2, -0.15) is 0 Å². The van der Waals surface area contributed by atoms with Crippen LogP contribution in [0.5, 0.6) is 0 Å². The Kier molecular flexibility index (Phi) is 3.73. The van der Waals surface area contributed by atoms with Crippen molar-refractivity contribution in [1.82, 2.24) is 0 Å². The lowest BCUT2D eigenvalue weighted by molar-refractivity contribution is 0.596. The molecule has 3 nitrogen and oxygen atoms in total. The highest BCUT2D eigenvalue weighted by molar-refractivity contribution is 7.94. The largest absolute Gasteiger partial charge is 0.273 e. The molecule has 18 heavy (non-hydrogen) atoms. The minimum Gasteiger partial charge on any atom is -0.269 e. The quantitative estimate of drug-likeness (QED) is 0.863. The highest BCUT2D eigenvalue weighted by atomic mass is 32.2. The normalized spacial score (nSPS) is 11.4. The van der Waals surface area contributed by atoms with E-state index in [-0.39, 0.29) is 0 Å². The van der Waals surface area contributed by atoms with Crippen LogP contribution in [0.1, 0.15) is 12.5 Å². The summed E-state index contributed by atoms with van der Waals surface area (Å²) >= 11 is 1.23. The van der Waals surface area contributed by atoms with E-state index in [0.29, 0.717) is 9.90 Å². The number of aryl methyl sites for hydroxylation is 1. The van der Waals surface area contributed by atoms with Gasteiger partial charge in [0.15, 0.2) is 0 Å². The first-order valence-corrected chi connectivity index (χ1v) is 7.99. The molecule has 0 unspecified atom stereocenters. The van der Waals surface area contributed by atoms with Gasteiger partial charge >= 0.3 is 0 Å². The van der Waals surface area contributed by atoms with Crippen LogP contribution >= 0.6 is 11.3 Å². The first-order chi connectivity index (χ1) is 8.55. The fourth-order valence-corrected chi connectivity index (χ4v) is 3.98. The van der Waals surface area contributed by atoms with E-state index in [4.69, 9.17) is 0 Å². The Morgan fingerprint density at radius 3 is 2.33 bits per heavy atom. The molecule has 5 heteroatoms. The van der Waals surface area contributed by atoms with E-state index < -0.39 is 10.0 Å². The zero-order chi connectivity index (χ0) is 13.2. The van der Waals surface area contributed by atoms with E-state index >= 15 is 0 Å². The van der Waals surface area contributed by atoms with Crippen LogP contribution in [0, 0.1) is 0 Å². The topological polar surface area (TPSA) is 37.4 Å². The fraction of sp³-hybridized carbons (Fsp3) is 0.231. The van der Waals surface area contributed by atoms with Crippen molar-refractivity contribution < 1.29 is 8.42 Å². The van der Waals surface area contributed by atoms with E-state index in [9.17, 15) is 8.42 Å². The molecule has 0 aliphatic rings. The maximum absolute atomic E-state index is 12.3. The van der Waals surface area contributed by atoms with E-state index in [0.717, 1.165) is 6.42 Å². The highest BCUT2D eigenvalue weighted by Gasteiger charge is 2.21. The Labute approximate surface area is 112 Å². The van der Waals surface area contributed by atoms with E-state index in [1.807, 2.05) is 24.3 Å². The molecule has 0 amide bonds. The number of nitrogens with zero attached hydrogens (tertiary/aromatic N) is 1. The third kappa shape index (κ3) is 2.42. The van der Waals surface area contributed by atoms with Crippen LogP contribution in [0.3, 0.4) is 0 Å². The molecule has 0 bridgehead atoms. The zero-order valence-corrected chi connectivity index (χ0v) is 12.0. The molecule has 0 aliphatic heterocycles. The van der Waals surface area contributed by atoms with Crippen molar-refractivity contribution in [3.05, 3.63) is 47.3 Å². The Morgan fingerprint density at radius 1 is 1.17 bits per heavy atom.